The predicted octanol–water partition coefficient (Wildman–Crippen LogP) is -0.279. The predicted molar refractivity (Wildman–Crippen MR) is 67.1 cm³/mol. The van der Waals surface area contributed by atoms with E-state index in [1.807, 2.05) is 0 Å². The Bertz CT molecular complexity index is 640. The van der Waals surface area contributed by atoms with Crippen molar-refractivity contribution in [3.05, 3.63) is 17.5 Å². The summed E-state index contributed by atoms with van der Waals surface area (Å²) in [5, 5.41) is 6.36. The van der Waals surface area contributed by atoms with Gasteiger partial charge >= 0.3 is 6.03 Å². The van der Waals surface area contributed by atoms with Gasteiger partial charge < -0.3 is 5.32 Å². The molecular weight excluding hydrogens is 290 g/mol. The molecule has 102 valence electrons. The molecule has 0 aromatic carbocycles. The Morgan fingerprint density at radius 2 is 2.16 bits per heavy atom. The van der Waals surface area contributed by atoms with Gasteiger partial charge in [0.15, 0.2) is 0 Å². The van der Waals surface area contributed by atoms with E-state index < -0.39 is 27.5 Å². The van der Waals surface area contributed by atoms with Gasteiger partial charge in [-0.15, -0.1) is 11.3 Å². The lowest BCUT2D eigenvalue weighted by molar-refractivity contribution is -0.123. The summed E-state index contributed by atoms with van der Waals surface area (Å²) in [6.07, 6.45) is 0.287. The molecule has 3 heterocycles. The van der Waals surface area contributed by atoms with Gasteiger partial charge in [0.2, 0.25) is 0 Å². The van der Waals surface area contributed by atoms with Crippen molar-refractivity contribution in [3.63, 3.8) is 0 Å². The number of sulfonamides is 1. The highest BCUT2D eigenvalue weighted by atomic mass is 32.2. The van der Waals surface area contributed by atoms with Crippen molar-refractivity contribution in [2.24, 2.45) is 0 Å². The molecule has 2 aliphatic heterocycles. The molecule has 2 N–H and O–H groups in total. The summed E-state index contributed by atoms with van der Waals surface area (Å²) in [6.45, 7) is 0.193. The highest BCUT2D eigenvalue weighted by molar-refractivity contribution is 7.91. The van der Waals surface area contributed by atoms with E-state index in [9.17, 15) is 18.0 Å². The Kier molecular flexibility index (Phi) is 2.66. The first-order valence-corrected chi connectivity index (χ1v) is 7.93. The number of thiophene rings is 1. The molecule has 7 nitrogen and oxygen atoms in total. The molecule has 1 aromatic heterocycles. The van der Waals surface area contributed by atoms with Gasteiger partial charge in [0, 0.05) is 13.1 Å². The van der Waals surface area contributed by atoms with Gasteiger partial charge in [0.1, 0.15) is 9.75 Å². The van der Waals surface area contributed by atoms with Crippen molar-refractivity contribution in [1.82, 2.24) is 14.9 Å². The average Bonchev–Trinajstić information content (AvgIpc) is 3.02. The topological polar surface area (TPSA) is 95.6 Å². The zero-order chi connectivity index (χ0) is 13.7. The molecule has 0 bridgehead atoms. The Labute approximate surface area is 113 Å². The highest BCUT2D eigenvalue weighted by Crippen LogP contribution is 2.30. The third-order valence-electron chi connectivity index (χ3n) is 3.34. The van der Waals surface area contributed by atoms with Crippen LogP contribution < -0.4 is 10.6 Å². The first-order valence-electron chi connectivity index (χ1n) is 5.61. The van der Waals surface area contributed by atoms with Gasteiger partial charge in [-0.05, 0) is 17.9 Å². The van der Waals surface area contributed by atoms with E-state index in [-0.39, 0.29) is 23.7 Å². The number of imide groups is 1. The minimum absolute atomic E-state index is 0.0230. The maximum Gasteiger partial charge on any atom is 0.322 e. The van der Waals surface area contributed by atoms with Gasteiger partial charge in [0.05, 0.1) is 0 Å². The lowest BCUT2D eigenvalue weighted by Gasteiger charge is -2.20. The Hall–Kier alpha value is -1.45. The quantitative estimate of drug-likeness (QED) is 0.734. The minimum Gasteiger partial charge on any atom is -0.322 e. The molecule has 0 saturated carbocycles. The number of nitrogens with zero attached hydrogens (tertiary/aromatic N) is 1. The lowest BCUT2D eigenvalue weighted by atomic mass is 10.00. The summed E-state index contributed by atoms with van der Waals surface area (Å²) in [7, 11) is -3.58. The van der Waals surface area contributed by atoms with E-state index in [1.165, 1.54) is 10.4 Å². The molecule has 9 heteroatoms. The number of carbonyl (C=O) groups excluding carboxylic acids is 2. The molecule has 0 aliphatic carbocycles. The second-order valence-corrected chi connectivity index (χ2v) is 7.62. The molecule has 3 amide bonds. The van der Waals surface area contributed by atoms with Crippen molar-refractivity contribution in [2.45, 2.75) is 16.2 Å². The molecule has 1 spiro atoms. The van der Waals surface area contributed by atoms with Crippen LogP contribution in [0.15, 0.2) is 21.7 Å². The van der Waals surface area contributed by atoms with Crippen LogP contribution in [0, 0.1) is 0 Å². The SMILES string of the molecule is O=C1NC(=O)C2(CCN(S(=O)(=O)c3cccs3)C2)N1. The smallest absolute Gasteiger partial charge is 0.322 e. The molecule has 0 radical (unpaired) electrons. The Morgan fingerprint density at radius 3 is 2.74 bits per heavy atom. The summed E-state index contributed by atoms with van der Waals surface area (Å²) >= 11 is 1.13. The van der Waals surface area contributed by atoms with Gasteiger partial charge in [0.25, 0.3) is 15.9 Å². The van der Waals surface area contributed by atoms with Crippen molar-refractivity contribution < 1.29 is 18.0 Å². The monoisotopic (exact) mass is 301 g/mol. The molecule has 19 heavy (non-hydrogen) atoms. The van der Waals surface area contributed by atoms with Crippen molar-refractivity contribution in [2.75, 3.05) is 13.1 Å². The number of urea groups is 1. The Balaban J connectivity index is 1.88. The molecule has 2 aliphatic rings. The summed E-state index contributed by atoms with van der Waals surface area (Å²) in [5.41, 5.74) is -1.11. The summed E-state index contributed by atoms with van der Waals surface area (Å²) < 4.78 is 26.1. The molecular formula is C10H11N3O4S2. The largest absolute Gasteiger partial charge is 0.322 e. The molecule has 1 atom stereocenters. The normalized spacial score (nSPS) is 27.8. The third kappa shape index (κ3) is 1.85. The van der Waals surface area contributed by atoms with Crippen LogP contribution in [0.1, 0.15) is 6.42 Å². The van der Waals surface area contributed by atoms with Crippen LogP contribution >= 0.6 is 11.3 Å². The maximum absolute atomic E-state index is 12.3. The molecule has 1 unspecified atom stereocenters. The molecule has 1 aromatic rings. The van der Waals surface area contributed by atoms with Gasteiger partial charge in [-0.2, -0.15) is 4.31 Å². The zero-order valence-corrected chi connectivity index (χ0v) is 11.4. The van der Waals surface area contributed by atoms with E-state index in [1.54, 1.807) is 11.4 Å². The van der Waals surface area contributed by atoms with Crippen LogP contribution in [0.2, 0.25) is 0 Å². The summed E-state index contributed by atoms with van der Waals surface area (Å²) in [6, 6.07) is 2.62. The van der Waals surface area contributed by atoms with Gasteiger partial charge in [-0.3, -0.25) is 10.1 Å². The Morgan fingerprint density at radius 1 is 1.37 bits per heavy atom. The fourth-order valence-electron chi connectivity index (χ4n) is 2.33. The lowest BCUT2D eigenvalue weighted by Crippen LogP contribution is -2.49. The first kappa shape index (κ1) is 12.6. The van der Waals surface area contributed by atoms with Crippen molar-refractivity contribution >= 4 is 33.3 Å². The fourth-order valence-corrected chi connectivity index (χ4v) is 4.98. The van der Waals surface area contributed by atoms with Gasteiger partial charge in [-0.1, -0.05) is 6.07 Å². The fraction of sp³-hybridized carbons (Fsp3) is 0.400. The standard InChI is InChI=1S/C10H11N3O4S2/c14-8-10(12-9(15)11-8)3-4-13(6-10)19(16,17)7-2-1-5-18-7/h1-2,5H,3-4,6H2,(H2,11,12,14,15). The number of hydrogen-bond acceptors (Lipinski definition) is 5. The first-order chi connectivity index (χ1) is 8.94. The number of carbonyl (C=O) groups is 2. The highest BCUT2D eigenvalue weighted by Gasteiger charge is 2.53. The van der Waals surface area contributed by atoms with E-state index in [2.05, 4.69) is 10.6 Å². The third-order valence-corrected chi connectivity index (χ3v) is 6.56. The molecule has 2 saturated heterocycles. The minimum atomic E-state index is -3.58. The number of hydrogen-bond donors (Lipinski definition) is 2. The second-order valence-electron chi connectivity index (χ2n) is 4.51. The van der Waals surface area contributed by atoms with E-state index in [4.69, 9.17) is 0 Å². The number of amides is 3. The van der Waals surface area contributed by atoms with Gasteiger partial charge in [-0.25, -0.2) is 13.2 Å². The van der Waals surface area contributed by atoms with Crippen LogP contribution in [0.3, 0.4) is 0 Å². The van der Waals surface area contributed by atoms with Crippen LogP contribution in [-0.4, -0.2) is 43.3 Å². The average molecular weight is 301 g/mol. The van der Waals surface area contributed by atoms with Crippen LogP contribution in [-0.2, 0) is 14.8 Å². The van der Waals surface area contributed by atoms with Crippen LogP contribution in [0.5, 0.6) is 0 Å². The summed E-state index contributed by atoms with van der Waals surface area (Å²) in [5.74, 6) is -0.457. The second kappa shape index (κ2) is 4.02. The number of nitrogens with one attached hydrogen (secondary N) is 2. The number of rotatable bonds is 2. The summed E-state index contributed by atoms with van der Waals surface area (Å²) in [4.78, 5) is 22.9. The van der Waals surface area contributed by atoms with E-state index in [0.717, 1.165) is 11.3 Å². The maximum atomic E-state index is 12.3. The van der Waals surface area contributed by atoms with E-state index >= 15 is 0 Å². The molecule has 2 fully saturated rings. The van der Waals surface area contributed by atoms with Crippen LogP contribution in [0.4, 0.5) is 4.79 Å². The van der Waals surface area contributed by atoms with Crippen LogP contribution in [0.25, 0.3) is 0 Å². The molecule has 3 rings (SSSR count). The zero-order valence-electron chi connectivity index (χ0n) is 9.75. The van der Waals surface area contributed by atoms with Crippen molar-refractivity contribution in [1.29, 1.82) is 0 Å². The van der Waals surface area contributed by atoms with E-state index in [0.29, 0.717) is 0 Å². The van der Waals surface area contributed by atoms with Crippen molar-refractivity contribution in [3.8, 4) is 0 Å².